The Morgan fingerprint density at radius 1 is 1.03 bits per heavy atom. The molecule has 2 heterocycles. The zero-order valence-electron chi connectivity index (χ0n) is 18.9. The molecule has 35 heavy (non-hydrogen) atoms. The molecule has 0 unspecified atom stereocenters. The van der Waals surface area contributed by atoms with E-state index in [1.54, 1.807) is 54.7 Å². The Kier molecular flexibility index (Phi) is 6.61. The van der Waals surface area contributed by atoms with Crippen LogP contribution in [0.4, 0.5) is 15.8 Å². The third-order valence-corrected chi connectivity index (χ3v) is 6.45. The quantitative estimate of drug-likeness (QED) is 0.367. The maximum Gasteiger partial charge on any atom is 0.276 e. The summed E-state index contributed by atoms with van der Waals surface area (Å²) in [7, 11) is -3.93. The molecule has 2 aromatic heterocycles. The molecule has 0 aliphatic heterocycles. The van der Waals surface area contributed by atoms with Crippen LogP contribution in [0.15, 0.2) is 82.3 Å². The number of anilines is 2. The largest absolute Gasteiger partial charge is 0.332 e. The molecule has 0 saturated carbocycles. The molecular weight excluding hydrogens is 473 g/mol. The number of carbonyl (C=O) groups excluding carboxylic acids is 1. The van der Waals surface area contributed by atoms with E-state index in [4.69, 9.17) is 4.52 Å². The molecule has 0 saturated heterocycles. The molecule has 11 heteroatoms. The Balaban J connectivity index is 1.48. The Morgan fingerprint density at radius 2 is 1.77 bits per heavy atom. The number of pyridine rings is 1. The second kappa shape index (κ2) is 9.63. The first-order valence-corrected chi connectivity index (χ1v) is 12.0. The Morgan fingerprint density at radius 3 is 2.46 bits per heavy atom. The molecule has 4 rings (SSSR count). The minimum Gasteiger partial charge on any atom is -0.332 e. The number of sulfonamides is 1. The maximum absolute atomic E-state index is 13.1. The zero-order chi connectivity index (χ0) is 25.1. The van der Waals surface area contributed by atoms with Gasteiger partial charge in [-0.15, -0.1) is 0 Å². The van der Waals surface area contributed by atoms with Crippen molar-refractivity contribution in [1.29, 1.82) is 0 Å². The lowest BCUT2D eigenvalue weighted by Gasteiger charge is -2.19. The van der Waals surface area contributed by atoms with Crippen molar-refractivity contribution in [3.8, 4) is 23.0 Å². The molecule has 0 fully saturated rings. The van der Waals surface area contributed by atoms with Crippen LogP contribution in [0.3, 0.4) is 0 Å². The van der Waals surface area contributed by atoms with Crippen molar-refractivity contribution in [2.75, 3.05) is 16.7 Å². The number of amides is 1. The van der Waals surface area contributed by atoms with Gasteiger partial charge in [-0.1, -0.05) is 17.3 Å². The first-order valence-electron chi connectivity index (χ1n) is 10.5. The average Bonchev–Trinajstić information content (AvgIpc) is 3.35. The van der Waals surface area contributed by atoms with Crippen LogP contribution in [0.25, 0.3) is 23.0 Å². The predicted molar refractivity (Wildman–Crippen MR) is 129 cm³/mol. The summed E-state index contributed by atoms with van der Waals surface area (Å²) < 4.78 is 46.5. The third-order valence-electron chi connectivity index (χ3n) is 5.05. The number of hydrogen-bond acceptors (Lipinski definition) is 7. The molecule has 1 amide bonds. The fourth-order valence-electron chi connectivity index (χ4n) is 2.95. The molecule has 0 atom stereocenters. The molecule has 0 spiro atoms. The fourth-order valence-corrected chi connectivity index (χ4v) is 4.00. The van der Waals surface area contributed by atoms with Gasteiger partial charge in [-0.2, -0.15) is 4.98 Å². The van der Waals surface area contributed by atoms with E-state index in [1.165, 1.54) is 32.0 Å². The lowest BCUT2D eigenvalue weighted by Crippen LogP contribution is -2.32. The Labute approximate surface area is 201 Å². The topological polar surface area (TPSA) is 127 Å². The first-order chi connectivity index (χ1) is 16.7. The maximum atomic E-state index is 13.1. The van der Waals surface area contributed by atoms with Crippen molar-refractivity contribution in [2.45, 2.75) is 18.7 Å². The van der Waals surface area contributed by atoms with E-state index in [1.807, 2.05) is 0 Å². The van der Waals surface area contributed by atoms with E-state index in [-0.39, 0.29) is 16.5 Å². The highest BCUT2D eigenvalue weighted by molar-refractivity contribution is 7.92. The van der Waals surface area contributed by atoms with Crippen LogP contribution >= 0.6 is 0 Å². The van der Waals surface area contributed by atoms with Crippen molar-refractivity contribution in [2.24, 2.45) is 5.41 Å². The minimum absolute atomic E-state index is 0.0164. The highest BCUT2D eigenvalue weighted by atomic mass is 32.2. The number of alkyl halides is 1. The van der Waals surface area contributed by atoms with E-state index in [0.29, 0.717) is 22.8 Å². The summed E-state index contributed by atoms with van der Waals surface area (Å²) in [6, 6.07) is 17.4. The molecule has 0 bridgehead atoms. The van der Waals surface area contributed by atoms with Crippen LogP contribution in [0.2, 0.25) is 0 Å². The number of hydrogen-bond donors (Lipinski definition) is 2. The van der Waals surface area contributed by atoms with Crippen molar-refractivity contribution in [3.63, 3.8) is 0 Å². The lowest BCUT2D eigenvalue weighted by molar-refractivity contribution is -0.124. The van der Waals surface area contributed by atoms with Gasteiger partial charge in [0.2, 0.25) is 11.7 Å². The van der Waals surface area contributed by atoms with Gasteiger partial charge in [-0.05, 0) is 68.4 Å². The number of nitrogens with one attached hydrogen (secondary N) is 2. The average molecular weight is 496 g/mol. The highest BCUT2D eigenvalue weighted by Crippen LogP contribution is 2.25. The van der Waals surface area contributed by atoms with Gasteiger partial charge in [0, 0.05) is 17.4 Å². The second-order valence-electron chi connectivity index (χ2n) is 8.32. The standard InChI is InChI=1S/C24H22FN5O4S/c1-24(2,15-25)23(31)27-17-6-5-7-18(14-17)30-35(32,33)19-11-9-16(10-12-19)21-28-22(34-29-21)20-8-3-4-13-26-20/h3-14,30H,15H2,1-2H3,(H,27,31). The van der Waals surface area contributed by atoms with Crippen molar-refractivity contribution in [1.82, 2.24) is 15.1 Å². The van der Waals surface area contributed by atoms with Crippen LogP contribution in [0.5, 0.6) is 0 Å². The molecule has 180 valence electrons. The monoisotopic (exact) mass is 495 g/mol. The highest BCUT2D eigenvalue weighted by Gasteiger charge is 2.27. The van der Waals surface area contributed by atoms with E-state index >= 15 is 0 Å². The van der Waals surface area contributed by atoms with Gasteiger partial charge >= 0.3 is 0 Å². The Hall–Kier alpha value is -4.12. The minimum atomic E-state index is -3.93. The predicted octanol–water partition coefficient (Wildman–Crippen LogP) is 4.53. The fraction of sp³-hybridized carbons (Fsp3) is 0.167. The van der Waals surface area contributed by atoms with Crippen LogP contribution < -0.4 is 10.0 Å². The molecule has 0 aliphatic carbocycles. The normalized spacial score (nSPS) is 11.7. The van der Waals surface area contributed by atoms with Gasteiger partial charge in [0.25, 0.3) is 15.9 Å². The molecule has 4 aromatic rings. The molecule has 0 aliphatic rings. The molecule has 2 aromatic carbocycles. The van der Waals surface area contributed by atoms with E-state index in [0.717, 1.165) is 0 Å². The van der Waals surface area contributed by atoms with Gasteiger partial charge in [0.05, 0.1) is 16.0 Å². The smallest absolute Gasteiger partial charge is 0.276 e. The summed E-state index contributed by atoms with van der Waals surface area (Å²) in [5, 5.41) is 6.53. The van der Waals surface area contributed by atoms with E-state index in [2.05, 4.69) is 25.2 Å². The van der Waals surface area contributed by atoms with E-state index < -0.39 is 28.0 Å². The summed E-state index contributed by atoms with van der Waals surface area (Å²) in [5.41, 5.74) is 0.473. The van der Waals surface area contributed by atoms with Crippen LogP contribution in [0.1, 0.15) is 13.8 Å². The first kappa shape index (κ1) is 24.0. The van der Waals surface area contributed by atoms with Gasteiger partial charge < -0.3 is 9.84 Å². The number of aromatic nitrogens is 3. The summed E-state index contributed by atoms with van der Waals surface area (Å²) in [5.74, 6) is 0.0336. The Bertz CT molecular complexity index is 1440. The van der Waals surface area contributed by atoms with Gasteiger partial charge in [0.15, 0.2) is 0 Å². The van der Waals surface area contributed by atoms with Gasteiger partial charge in [-0.3, -0.25) is 14.5 Å². The number of rotatable bonds is 8. The van der Waals surface area contributed by atoms with Crippen molar-refractivity contribution in [3.05, 3.63) is 72.9 Å². The van der Waals surface area contributed by atoms with Crippen LogP contribution in [-0.2, 0) is 14.8 Å². The summed E-state index contributed by atoms with van der Waals surface area (Å²) in [6.45, 7) is 2.13. The summed E-state index contributed by atoms with van der Waals surface area (Å²) in [6.07, 6.45) is 1.61. The van der Waals surface area contributed by atoms with Crippen molar-refractivity contribution >= 4 is 27.3 Å². The third kappa shape index (κ3) is 5.52. The molecular formula is C24H22FN5O4S. The zero-order valence-corrected chi connectivity index (χ0v) is 19.7. The number of nitrogens with zero attached hydrogens (tertiary/aromatic N) is 3. The number of halogens is 1. The molecule has 0 radical (unpaired) electrons. The van der Waals surface area contributed by atoms with Gasteiger partial charge in [-0.25, -0.2) is 12.8 Å². The summed E-state index contributed by atoms with van der Waals surface area (Å²) in [4.78, 5) is 20.7. The lowest BCUT2D eigenvalue weighted by atomic mass is 9.94. The molecule has 9 nitrogen and oxygen atoms in total. The second-order valence-corrected chi connectivity index (χ2v) is 10.0. The molecule has 2 N–H and O–H groups in total. The summed E-state index contributed by atoms with van der Waals surface area (Å²) >= 11 is 0. The SMILES string of the molecule is CC(C)(CF)C(=O)Nc1cccc(NS(=O)(=O)c2ccc(-c3noc(-c4ccccn4)n3)cc2)c1. The number of carbonyl (C=O) groups is 1. The van der Waals surface area contributed by atoms with Gasteiger partial charge in [0.1, 0.15) is 12.4 Å². The van der Waals surface area contributed by atoms with E-state index in [9.17, 15) is 17.6 Å². The van der Waals surface area contributed by atoms with Crippen LogP contribution in [-0.4, -0.2) is 36.1 Å². The van der Waals surface area contributed by atoms with Crippen LogP contribution in [0, 0.1) is 5.41 Å². The van der Waals surface area contributed by atoms with Crippen molar-refractivity contribution < 1.29 is 22.1 Å². The number of benzene rings is 2.